The van der Waals surface area contributed by atoms with Crippen LogP contribution in [0.4, 0.5) is 5.69 Å². The van der Waals surface area contributed by atoms with Crippen molar-refractivity contribution in [3.05, 3.63) is 28.8 Å². The Kier molecular flexibility index (Phi) is 3.42. The van der Waals surface area contributed by atoms with Crippen LogP contribution >= 0.6 is 11.6 Å². The number of benzene rings is 1. The summed E-state index contributed by atoms with van der Waals surface area (Å²) < 4.78 is 0. The first-order chi connectivity index (χ1) is 9.58. The summed E-state index contributed by atoms with van der Waals surface area (Å²) in [5, 5.41) is 0.609. The van der Waals surface area contributed by atoms with Gasteiger partial charge in [-0.15, -0.1) is 0 Å². The minimum Gasteiger partial charge on any atom is -0.331 e. The second kappa shape index (κ2) is 5.09. The van der Waals surface area contributed by atoms with E-state index in [-0.39, 0.29) is 17.9 Å². The lowest BCUT2D eigenvalue weighted by Crippen LogP contribution is -2.43. The zero-order valence-electron chi connectivity index (χ0n) is 11.4. The second-order valence-corrected chi connectivity index (χ2v) is 5.85. The van der Waals surface area contributed by atoms with Crippen LogP contribution in [0.1, 0.15) is 24.8 Å². The highest BCUT2D eigenvalue weighted by Gasteiger charge is 2.39. The lowest BCUT2D eigenvalue weighted by atomic mass is 10.1. The average Bonchev–Trinajstić information content (AvgIpc) is 2.87. The SMILES string of the molecule is Cc1ccc(Cl)cc1N1CCC(=O)N2CCCC2C1=O. The van der Waals surface area contributed by atoms with Crippen LogP contribution in [-0.4, -0.2) is 35.8 Å². The Morgan fingerprint density at radius 1 is 1.25 bits per heavy atom. The van der Waals surface area contributed by atoms with E-state index >= 15 is 0 Å². The molecule has 2 fully saturated rings. The summed E-state index contributed by atoms with van der Waals surface area (Å²) in [6.45, 7) is 3.10. The van der Waals surface area contributed by atoms with Crippen molar-refractivity contribution in [3.63, 3.8) is 0 Å². The summed E-state index contributed by atoms with van der Waals surface area (Å²) in [6.07, 6.45) is 2.05. The first kappa shape index (κ1) is 13.4. The molecule has 0 aromatic heterocycles. The van der Waals surface area contributed by atoms with Crippen LogP contribution in [0.5, 0.6) is 0 Å². The molecule has 2 aliphatic heterocycles. The van der Waals surface area contributed by atoms with E-state index in [4.69, 9.17) is 11.6 Å². The zero-order valence-corrected chi connectivity index (χ0v) is 12.2. The lowest BCUT2D eigenvalue weighted by Gasteiger charge is -2.26. The molecule has 3 rings (SSSR count). The number of carbonyl (C=O) groups is 2. The molecule has 1 atom stereocenters. The van der Waals surface area contributed by atoms with Crippen LogP contribution in [0.3, 0.4) is 0 Å². The number of carbonyl (C=O) groups excluding carboxylic acids is 2. The predicted octanol–water partition coefficient (Wildman–Crippen LogP) is 2.38. The largest absolute Gasteiger partial charge is 0.331 e. The van der Waals surface area contributed by atoms with Gasteiger partial charge in [-0.1, -0.05) is 17.7 Å². The van der Waals surface area contributed by atoms with Crippen LogP contribution in [0.2, 0.25) is 5.02 Å². The maximum Gasteiger partial charge on any atom is 0.249 e. The minimum atomic E-state index is -0.289. The van der Waals surface area contributed by atoms with Crippen molar-refractivity contribution in [2.45, 2.75) is 32.2 Å². The number of fused-ring (bicyclic) bond motifs is 1. The highest BCUT2D eigenvalue weighted by Crippen LogP contribution is 2.30. The third-order valence-corrected chi connectivity index (χ3v) is 4.37. The topological polar surface area (TPSA) is 40.6 Å². The van der Waals surface area contributed by atoms with Gasteiger partial charge in [0.1, 0.15) is 6.04 Å². The number of hydrogen-bond acceptors (Lipinski definition) is 2. The second-order valence-electron chi connectivity index (χ2n) is 5.42. The molecule has 2 saturated heterocycles. The Hall–Kier alpha value is -1.55. The summed E-state index contributed by atoms with van der Waals surface area (Å²) in [4.78, 5) is 28.3. The molecule has 2 heterocycles. The molecule has 0 radical (unpaired) electrons. The number of rotatable bonds is 1. The highest BCUT2D eigenvalue weighted by atomic mass is 35.5. The van der Waals surface area contributed by atoms with Crippen molar-refractivity contribution < 1.29 is 9.59 Å². The number of anilines is 1. The molecule has 1 aromatic carbocycles. The van der Waals surface area contributed by atoms with Crippen LogP contribution in [0.25, 0.3) is 0 Å². The normalized spacial score (nSPS) is 23.0. The maximum absolute atomic E-state index is 12.7. The van der Waals surface area contributed by atoms with Crippen molar-refractivity contribution in [1.82, 2.24) is 4.90 Å². The van der Waals surface area contributed by atoms with Crippen molar-refractivity contribution >= 4 is 29.1 Å². The van der Waals surface area contributed by atoms with Crippen molar-refractivity contribution in [2.75, 3.05) is 18.0 Å². The Bertz CT molecular complexity index is 573. The molecular formula is C15H17ClN2O2. The van der Waals surface area contributed by atoms with Crippen LogP contribution < -0.4 is 4.90 Å². The molecule has 5 heteroatoms. The van der Waals surface area contributed by atoms with Crippen LogP contribution in [0.15, 0.2) is 18.2 Å². The smallest absolute Gasteiger partial charge is 0.249 e. The van der Waals surface area contributed by atoms with Gasteiger partial charge in [-0.25, -0.2) is 0 Å². The molecule has 20 heavy (non-hydrogen) atoms. The van der Waals surface area contributed by atoms with Crippen molar-refractivity contribution in [1.29, 1.82) is 0 Å². The molecule has 2 amide bonds. The Balaban J connectivity index is 1.98. The molecule has 1 unspecified atom stereocenters. The molecule has 1 aromatic rings. The van der Waals surface area contributed by atoms with E-state index in [0.29, 0.717) is 24.5 Å². The third-order valence-electron chi connectivity index (χ3n) is 4.14. The maximum atomic E-state index is 12.7. The van der Waals surface area contributed by atoms with Gasteiger partial charge in [-0.2, -0.15) is 0 Å². The summed E-state index contributed by atoms with van der Waals surface area (Å²) in [5.74, 6) is 0.113. The Labute approximate surface area is 123 Å². The molecule has 0 N–H and O–H groups in total. The summed E-state index contributed by atoms with van der Waals surface area (Å²) in [7, 11) is 0. The van der Waals surface area contributed by atoms with Gasteiger partial charge in [0, 0.05) is 30.2 Å². The molecule has 106 valence electrons. The lowest BCUT2D eigenvalue weighted by molar-refractivity contribution is -0.135. The van der Waals surface area contributed by atoms with Crippen molar-refractivity contribution in [3.8, 4) is 0 Å². The van der Waals surface area contributed by atoms with E-state index < -0.39 is 0 Å². The van der Waals surface area contributed by atoms with Gasteiger partial charge >= 0.3 is 0 Å². The fraction of sp³-hybridized carbons (Fsp3) is 0.467. The summed E-state index contributed by atoms with van der Waals surface area (Å²) in [5.41, 5.74) is 1.82. The van der Waals surface area contributed by atoms with Crippen LogP contribution in [-0.2, 0) is 9.59 Å². The molecule has 0 saturated carbocycles. The molecule has 0 aliphatic carbocycles. The summed E-state index contributed by atoms with van der Waals surface area (Å²) >= 11 is 6.05. The van der Waals surface area contributed by atoms with E-state index in [1.807, 2.05) is 25.1 Å². The number of nitrogens with zero attached hydrogens (tertiary/aromatic N) is 2. The zero-order chi connectivity index (χ0) is 14.3. The molecule has 4 nitrogen and oxygen atoms in total. The fourth-order valence-corrected chi connectivity index (χ4v) is 3.24. The first-order valence-electron chi connectivity index (χ1n) is 6.95. The van der Waals surface area contributed by atoms with Gasteiger partial charge in [0.05, 0.1) is 0 Å². The highest BCUT2D eigenvalue weighted by molar-refractivity contribution is 6.31. The molecular weight excluding hydrogens is 276 g/mol. The van der Waals surface area contributed by atoms with E-state index in [2.05, 4.69) is 0 Å². The van der Waals surface area contributed by atoms with E-state index in [9.17, 15) is 9.59 Å². The quantitative estimate of drug-likeness (QED) is 0.797. The third kappa shape index (κ3) is 2.18. The number of amides is 2. The van der Waals surface area contributed by atoms with Gasteiger partial charge in [0.25, 0.3) is 0 Å². The molecule has 0 bridgehead atoms. The van der Waals surface area contributed by atoms with Gasteiger partial charge in [-0.05, 0) is 37.5 Å². The van der Waals surface area contributed by atoms with Gasteiger partial charge in [-0.3, -0.25) is 9.59 Å². The first-order valence-corrected chi connectivity index (χ1v) is 7.33. The molecule has 2 aliphatic rings. The number of aryl methyl sites for hydroxylation is 1. The Morgan fingerprint density at radius 2 is 2.05 bits per heavy atom. The standard InChI is InChI=1S/C15H17ClN2O2/c1-10-4-5-11(16)9-13(10)18-8-6-14(19)17-7-2-3-12(17)15(18)20/h4-5,9,12H,2-3,6-8H2,1H3. The Morgan fingerprint density at radius 3 is 2.85 bits per heavy atom. The van der Waals surface area contributed by atoms with Gasteiger partial charge < -0.3 is 9.80 Å². The van der Waals surface area contributed by atoms with E-state index in [1.165, 1.54) is 0 Å². The van der Waals surface area contributed by atoms with E-state index in [0.717, 1.165) is 24.1 Å². The monoisotopic (exact) mass is 292 g/mol. The number of hydrogen-bond donors (Lipinski definition) is 0. The van der Waals surface area contributed by atoms with Crippen LogP contribution in [0, 0.1) is 6.92 Å². The average molecular weight is 293 g/mol. The van der Waals surface area contributed by atoms with Crippen molar-refractivity contribution in [2.24, 2.45) is 0 Å². The van der Waals surface area contributed by atoms with Gasteiger partial charge in [0.2, 0.25) is 11.8 Å². The summed E-state index contributed by atoms with van der Waals surface area (Å²) in [6, 6.07) is 5.24. The van der Waals surface area contributed by atoms with Gasteiger partial charge in [0.15, 0.2) is 0 Å². The minimum absolute atomic E-state index is 0.0266. The van der Waals surface area contributed by atoms with E-state index in [1.54, 1.807) is 9.80 Å². The number of halogens is 1. The molecule has 0 spiro atoms. The fourth-order valence-electron chi connectivity index (χ4n) is 3.08. The predicted molar refractivity (Wildman–Crippen MR) is 77.9 cm³/mol.